The van der Waals surface area contributed by atoms with E-state index in [0.717, 1.165) is 4.88 Å². The second-order valence-electron chi connectivity index (χ2n) is 1.85. The Morgan fingerprint density at radius 2 is 2.45 bits per heavy atom. The zero-order chi connectivity index (χ0) is 8.43. The number of rotatable bonds is 1. The normalized spacial score (nSPS) is 9.73. The Bertz CT molecular complexity index is 285. The number of nitrogens with zero attached hydrogens (tertiary/aromatic N) is 1. The molecule has 0 saturated heterocycles. The van der Waals surface area contributed by atoms with Crippen molar-refractivity contribution < 1.29 is 4.79 Å². The number of nitrogens with one attached hydrogen (secondary N) is 1. The summed E-state index contributed by atoms with van der Waals surface area (Å²) >= 11 is 6.80. The van der Waals surface area contributed by atoms with Crippen LogP contribution < -0.4 is 11.3 Å². The molecule has 0 spiro atoms. The molecule has 0 aliphatic heterocycles. The van der Waals surface area contributed by atoms with Crippen molar-refractivity contribution in [2.75, 3.05) is 0 Å². The highest BCUT2D eigenvalue weighted by atomic mass is 35.5. The van der Waals surface area contributed by atoms with Gasteiger partial charge in [0.15, 0.2) is 4.47 Å². The highest BCUT2D eigenvalue weighted by Gasteiger charge is 2.12. The summed E-state index contributed by atoms with van der Waals surface area (Å²) < 4.78 is 0.348. The number of hydrogen-bond acceptors (Lipinski definition) is 4. The Morgan fingerprint density at radius 1 is 1.82 bits per heavy atom. The molecule has 0 radical (unpaired) electrons. The summed E-state index contributed by atoms with van der Waals surface area (Å²) in [6.45, 7) is 1.76. The zero-order valence-electron chi connectivity index (χ0n) is 5.72. The van der Waals surface area contributed by atoms with Gasteiger partial charge in [-0.15, -0.1) is 11.3 Å². The molecule has 0 aromatic carbocycles. The fraction of sp³-hybridized carbons (Fsp3) is 0.200. The van der Waals surface area contributed by atoms with Crippen LogP contribution in [0.5, 0.6) is 0 Å². The van der Waals surface area contributed by atoms with Crippen LogP contribution in [0.2, 0.25) is 4.47 Å². The van der Waals surface area contributed by atoms with E-state index in [0.29, 0.717) is 10.2 Å². The molecule has 0 aliphatic rings. The predicted octanol–water partition coefficient (Wildman–Crippen LogP) is 0.708. The molecular formula is C5H6ClN3OS. The zero-order valence-corrected chi connectivity index (χ0v) is 7.29. The smallest absolute Gasteiger partial charge is 0.284 e. The van der Waals surface area contributed by atoms with Crippen LogP contribution in [0.15, 0.2) is 0 Å². The first-order valence-electron chi connectivity index (χ1n) is 2.79. The first-order chi connectivity index (χ1) is 5.15. The van der Waals surface area contributed by atoms with Crippen LogP contribution in [-0.2, 0) is 0 Å². The van der Waals surface area contributed by atoms with Crippen LogP contribution in [-0.4, -0.2) is 10.9 Å². The second-order valence-corrected chi connectivity index (χ2v) is 3.63. The molecule has 0 saturated carbocycles. The molecule has 1 heterocycles. The molecule has 60 valence electrons. The van der Waals surface area contributed by atoms with Crippen LogP contribution in [0.3, 0.4) is 0 Å². The van der Waals surface area contributed by atoms with E-state index in [4.69, 9.17) is 17.4 Å². The maximum atomic E-state index is 10.9. The summed E-state index contributed by atoms with van der Waals surface area (Å²) in [5.41, 5.74) is 2.28. The Balaban J connectivity index is 3.03. The minimum absolute atomic E-state index is 0.294. The fourth-order valence-corrected chi connectivity index (χ4v) is 1.70. The van der Waals surface area contributed by atoms with E-state index in [1.54, 1.807) is 6.92 Å². The van der Waals surface area contributed by atoms with Crippen LogP contribution in [0.1, 0.15) is 15.4 Å². The molecule has 1 aromatic heterocycles. The van der Waals surface area contributed by atoms with Gasteiger partial charge in [0.1, 0.15) is 5.69 Å². The number of hydrogen-bond donors (Lipinski definition) is 2. The summed E-state index contributed by atoms with van der Waals surface area (Å²) in [4.78, 5) is 15.4. The SMILES string of the molecule is Cc1sc(Cl)nc1C(=O)NN. The number of carbonyl (C=O) groups excluding carboxylic acids is 1. The van der Waals surface area contributed by atoms with Gasteiger partial charge in [0.25, 0.3) is 5.91 Å². The minimum Gasteiger partial charge on any atom is -0.289 e. The lowest BCUT2D eigenvalue weighted by Crippen LogP contribution is -2.30. The van der Waals surface area contributed by atoms with Crippen molar-refractivity contribution in [2.45, 2.75) is 6.92 Å². The molecule has 1 amide bonds. The first kappa shape index (κ1) is 8.45. The second kappa shape index (κ2) is 3.17. The highest BCUT2D eigenvalue weighted by Crippen LogP contribution is 2.21. The highest BCUT2D eigenvalue weighted by molar-refractivity contribution is 7.15. The Kier molecular flexibility index (Phi) is 2.43. The molecule has 1 rings (SSSR count). The van der Waals surface area contributed by atoms with Crippen molar-refractivity contribution >= 4 is 28.8 Å². The molecule has 11 heavy (non-hydrogen) atoms. The maximum Gasteiger partial charge on any atom is 0.284 e. The molecule has 3 N–H and O–H groups in total. The minimum atomic E-state index is -0.411. The number of amides is 1. The molecule has 0 fully saturated rings. The van der Waals surface area contributed by atoms with Gasteiger partial charge in [-0.3, -0.25) is 10.2 Å². The van der Waals surface area contributed by atoms with E-state index >= 15 is 0 Å². The predicted molar refractivity (Wildman–Crippen MR) is 43.5 cm³/mol. The van der Waals surface area contributed by atoms with E-state index < -0.39 is 5.91 Å². The van der Waals surface area contributed by atoms with Gasteiger partial charge in [-0.05, 0) is 6.92 Å². The number of hydrazine groups is 1. The third-order valence-electron chi connectivity index (χ3n) is 1.12. The summed E-state index contributed by atoms with van der Waals surface area (Å²) in [6, 6.07) is 0. The Morgan fingerprint density at radius 3 is 2.82 bits per heavy atom. The van der Waals surface area contributed by atoms with E-state index in [9.17, 15) is 4.79 Å². The molecular weight excluding hydrogens is 186 g/mol. The lowest BCUT2D eigenvalue weighted by atomic mass is 10.4. The van der Waals surface area contributed by atoms with Gasteiger partial charge >= 0.3 is 0 Å². The van der Waals surface area contributed by atoms with Gasteiger partial charge in [0.05, 0.1) is 0 Å². The molecule has 0 unspecified atom stereocenters. The van der Waals surface area contributed by atoms with Crippen molar-refractivity contribution in [3.8, 4) is 0 Å². The van der Waals surface area contributed by atoms with Gasteiger partial charge in [-0.25, -0.2) is 10.8 Å². The van der Waals surface area contributed by atoms with E-state index in [1.807, 2.05) is 5.43 Å². The number of thiazole rings is 1. The number of carbonyl (C=O) groups is 1. The molecule has 1 aromatic rings. The summed E-state index contributed by atoms with van der Waals surface area (Å²) in [5, 5.41) is 0. The van der Waals surface area contributed by atoms with Gasteiger partial charge in [-0.2, -0.15) is 0 Å². The number of nitrogens with two attached hydrogens (primary N) is 1. The molecule has 0 aliphatic carbocycles. The average molecular weight is 192 g/mol. The van der Waals surface area contributed by atoms with Crippen molar-refractivity contribution in [2.24, 2.45) is 5.84 Å². The molecule has 6 heteroatoms. The van der Waals surface area contributed by atoms with Crippen molar-refractivity contribution in [1.82, 2.24) is 10.4 Å². The van der Waals surface area contributed by atoms with E-state index in [2.05, 4.69) is 4.98 Å². The topological polar surface area (TPSA) is 68.0 Å². The van der Waals surface area contributed by atoms with Crippen LogP contribution in [0.25, 0.3) is 0 Å². The standard InChI is InChI=1S/C5H6ClN3OS/c1-2-3(4(10)9-7)8-5(6)11-2/h7H2,1H3,(H,9,10). The number of aromatic nitrogens is 1. The summed E-state index contributed by atoms with van der Waals surface area (Å²) in [5.74, 6) is 4.49. The maximum absolute atomic E-state index is 10.9. The third kappa shape index (κ3) is 1.68. The number of aryl methyl sites for hydroxylation is 1. The molecule has 0 bridgehead atoms. The van der Waals surface area contributed by atoms with E-state index in [1.165, 1.54) is 11.3 Å². The quantitative estimate of drug-likeness (QED) is 0.390. The van der Waals surface area contributed by atoms with Crippen LogP contribution >= 0.6 is 22.9 Å². The lowest BCUT2D eigenvalue weighted by molar-refractivity contribution is 0.0949. The largest absolute Gasteiger partial charge is 0.289 e. The van der Waals surface area contributed by atoms with Crippen molar-refractivity contribution in [3.05, 3.63) is 15.0 Å². The van der Waals surface area contributed by atoms with E-state index in [-0.39, 0.29) is 0 Å². The van der Waals surface area contributed by atoms with Gasteiger partial charge in [-0.1, -0.05) is 11.6 Å². The lowest BCUT2D eigenvalue weighted by Gasteiger charge is -1.93. The first-order valence-corrected chi connectivity index (χ1v) is 3.98. The summed E-state index contributed by atoms with van der Waals surface area (Å²) in [7, 11) is 0. The Labute approximate surface area is 72.3 Å². The van der Waals surface area contributed by atoms with Gasteiger partial charge in [0, 0.05) is 4.88 Å². The van der Waals surface area contributed by atoms with Crippen molar-refractivity contribution in [1.29, 1.82) is 0 Å². The number of halogens is 1. The van der Waals surface area contributed by atoms with Crippen LogP contribution in [0, 0.1) is 6.92 Å². The Hall–Kier alpha value is -0.650. The average Bonchev–Trinajstić information content (AvgIpc) is 2.28. The van der Waals surface area contributed by atoms with Crippen LogP contribution in [0.4, 0.5) is 0 Å². The van der Waals surface area contributed by atoms with Gasteiger partial charge < -0.3 is 0 Å². The monoisotopic (exact) mass is 191 g/mol. The summed E-state index contributed by atoms with van der Waals surface area (Å²) in [6.07, 6.45) is 0. The number of nitrogen functional groups attached to an aromatic ring is 1. The molecule has 0 atom stereocenters. The third-order valence-corrected chi connectivity index (χ3v) is 2.19. The molecule has 4 nitrogen and oxygen atoms in total. The van der Waals surface area contributed by atoms with Crippen molar-refractivity contribution in [3.63, 3.8) is 0 Å². The van der Waals surface area contributed by atoms with Gasteiger partial charge in [0.2, 0.25) is 0 Å². The fourth-order valence-electron chi connectivity index (χ4n) is 0.643.